The van der Waals surface area contributed by atoms with Gasteiger partial charge in [0.15, 0.2) is 11.5 Å². The van der Waals surface area contributed by atoms with Crippen molar-refractivity contribution in [1.29, 1.82) is 0 Å². The Hall–Kier alpha value is -2.07. The predicted octanol–water partition coefficient (Wildman–Crippen LogP) is 3.99. The van der Waals surface area contributed by atoms with E-state index in [1.165, 1.54) is 0 Å². The van der Waals surface area contributed by atoms with Gasteiger partial charge in [0.05, 0.1) is 16.8 Å². The van der Waals surface area contributed by atoms with Crippen LogP contribution in [0.2, 0.25) is 5.02 Å². The number of hydrogen-bond acceptors (Lipinski definition) is 4. The molecule has 0 fully saturated rings. The molecular formula is C16H16ClNO3. The predicted molar refractivity (Wildman–Crippen MR) is 82.6 cm³/mol. The van der Waals surface area contributed by atoms with Gasteiger partial charge in [0, 0.05) is 17.7 Å². The minimum Gasteiger partial charge on any atom is -0.508 e. The molecule has 4 nitrogen and oxygen atoms in total. The summed E-state index contributed by atoms with van der Waals surface area (Å²) in [6, 6.07) is 10.7. The lowest BCUT2D eigenvalue weighted by Crippen LogP contribution is -2.16. The van der Waals surface area contributed by atoms with Gasteiger partial charge in [-0.25, -0.2) is 0 Å². The normalized spacial score (nSPS) is 14.6. The van der Waals surface area contributed by atoms with Crippen molar-refractivity contribution in [3.05, 3.63) is 47.0 Å². The fourth-order valence-electron chi connectivity index (χ4n) is 2.34. The van der Waals surface area contributed by atoms with Gasteiger partial charge in [-0.3, -0.25) is 0 Å². The van der Waals surface area contributed by atoms with Crippen LogP contribution in [0.3, 0.4) is 0 Å². The average Bonchev–Trinajstić information content (AvgIpc) is 2.48. The summed E-state index contributed by atoms with van der Waals surface area (Å²) in [6.07, 6.45) is 0. The average molecular weight is 306 g/mol. The van der Waals surface area contributed by atoms with Crippen molar-refractivity contribution in [3.8, 4) is 17.2 Å². The van der Waals surface area contributed by atoms with Gasteiger partial charge >= 0.3 is 0 Å². The van der Waals surface area contributed by atoms with Crippen molar-refractivity contribution in [2.45, 2.75) is 13.0 Å². The zero-order valence-corrected chi connectivity index (χ0v) is 12.4. The molecular weight excluding hydrogens is 290 g/mol. The molecule has 0 spiro atoms. The zero-order chi connectivity index (χ0) is 14.8. The maximum absolute atomic E-state index is 9.90. The Kier molecular flexibility index (Phi) is 3.80. The van der Waals surface area contributed by atoms with Gasteiger partial charge in [-0.15, -0.1) is 0 Å². The maximum Gasteiger partial charge on any atom is 0.163 e. The van der Waals surface area contributed by atoms with Gasteiger partial charge in [0.2, 0.25) is 0 Å². The van der Waals surface area contributed by atoms with Crippen molar-refractivity contribution >= 4 is 17.3 Å². The van der Waals surface area contributed by atoms with E-state index in [0.29, 0.717) is 29.7 Å². The fourth-order valence-corrected chi connectivity index (χ4v) is 2.55. The van der Waals surface area contributed by atoms with Crippen molar-refractivity contribution in [2.24, 2.45) is 0 Å². The number of aromatic hydroxyl groups is 1. The van der Waals surface area contributed by atoms with Crippen LogP contribution in [0, 0.1) is 0 Å². The first-order valence-corrected chi connectivity index (χ1v) is 7.16. The second-order valence-corrected chi connectivity index (χ2v) is 5.31. The topological polar surface area (TPSA) is 50.7 Å². The highest BCUT2D eigenvalue weighted by Crippen LogP contribution is 2.39. The van der Waals surface area contributed by atoms with Crippen LogP contribution in [-0.2, 0) is 0 Å². The van der Waals surface area contributed by atoms with E-state index in [1.807, 2.05) is 25.1 Å². The Morgan fingerprint density at radius 2 is 1.81 bits per heavy atom. The van der Waals surface area contributed by atoms with Gasteiger partial charge in [0.25, 0.3) is 0 Å². The maximum atomic E-state index is 9.90. The second kappa shape index (κ2) is 5.74. The van der Waals surface area contributed by atoms with Crippen LogP contribution < -0.4 is 14.8 Å². The van der Waals surface area contributed by atoms with Crippen molar-refractivity contribution < 1.29 is 14.6 Å². The highest BCUT2D eigenvalue weighted by molar-refractivity contribution is 6.33. The smallest absolute Gasteiger partial charge is 0.163 e. The molecule has 0 aromatic heterocycles. The van der Waals surface area contributed by atoms with Crippen LogP contribution >= 0.6 is 11.6 Å². The van der Waals surface area contributed by atoms with E-state index in [0.717, 1.165) is 11.3 Å². The minimum absolute atomic E-state index is 0.0914. The lowest BCUT2D eigenvalue weighted by Gasteiger charge is -2.22. The van der Waals surface area contributed by atoms with Crippen LogP contribution in [0.4, 0.5) is 5.69 Å². The monoisotopic (exact) mass is 305 g/mol. The molecule has 110 valence electrons. The third-order valence-corrected chi connectivity index (χ3v) is 3.72. The molecule has 1 unspecified atom stereocenters. The molecule has 1 atom stereocenters. The molecule has 0 radical (unpaired) electrons. The first-order chi connectivity index (χ1) is 10.1. The summed E-state index contributed by atoms with van der Waals surface area (Å²) in [5.74, 6) is 1.59. The summed E-state index contributed by atoms with van der Waals surface area (Å²) in [7, 11) is 0. The second-order valence-electron chi connectivity index (χ2n) is 4.90. The minimum atomic E-state index is -0.0914. The highest BCUT2D eigenvalue weighted by atomic mass is 35.5. The molecule has 1 aliphatic rings. The summed E-state index contributed by atoms with van der Waals surface area (Å²) >= 11 is 6.27. The first kappa shape index (κ1) is 13.9. The third-order valence-electron chi connectivity index (χ3n) is 3.41. The number of para-hydroxylation sites is 1. The molecule has 0 aliphatic carbocycles. The number of phenolic OH excluding ortho intramolecular Hbond substituents is 1. The fraction of sp³-hybridized carbons (Fsp3) is 0.250. The molecule has 0 bridgehead atoms. The largest absolute Gasteiger partial charge is 0.508 e. The molecule has 2 aromatic carbocycles. The Balaban J connectivity index is 1.86. The molecule has 21 heavy (non-hydrogen) atoms. The summed E-state index contributed by atoms with van der Waals surface area (Å²) < 4.78 is 11.0. The zero-order valence-electron chi connectivity index (χ0n) is 11.6. The molecule has 1 aliphatic heterocycles. The quantitative estimate of drug-likeness (QED) is 0.900. The van der Waals surface area contributed by atoms with Gasteiger partial charge in [-0.05, 0) is 13.0 Å². The van der Waals surface area contributed by atoms with Crippen LogP contribution in [0.5, 0.6) is 17.2 Å². The molecule has 0 saturated carbocycles. The summed E-state index contributed by atoms with van der Waals surface area (Å²) in [6.45, 7) is 3.02. The van der Waals surface area contributed by atoms with Gasteiger partial charge in [-0.1, -0.05) is 29.8 Å². The lowest BCUT2D eigenvalue weighted by molar-refractivity contribution is 0.171. The van der Waals surface area contributed by atoms with E-state index >= 15 is 0 Å². The molecule has 0 amide bonds. The number of anilines is 1. The molecule has 2 aromatic rings. The van der Waals surface area contributed by atoms with Crippen molar-refractivity contribution in [3.63, 3.8) is 0 Å². The lowest BCUT2D eigenvalue weighted by atomic mass is 10.1. The van der Waals surface area contributed by atoms with Crippen molar-refractivity contribution in [1.82, 2.24) is 0 Å². The first-order valence-electron chi connectivity index (χ1n) is 6.78. The number of phenols is 1. The van der Waals surface area contributed by atoms with Crippen LogP contribution in [0.25, 0.3) is 0 Å². The number of rotatable bonds is 3. The van der Waals surface area contributed by atoms with Crippen LogP contribution in [0.15, 0.2) is 36.4 Å². The van der Waals surface area contributed by atoms with Gasteiger partial charge in [-0.2, -0.15) is 0 Å². The van der Waals surface area contributed by atoms with E-state index < -0.39 is 0 Å². The molecule has 1 heterocycles. The number of ether oxygens (including phenoxy) is 2. The Bertz CT molecular complexity index is 660. The standard InChI is InChI=1S/C16H16ClNO3/c1-10(11-4-2-3-5-14(11)19)18-13-9-16-15(8-12(13)17)20-6-7-21-16/h2-5,8-10,18-19H,6-7H2,1H3. The summed E-state index contributed by atoms with van der Waals surface area (Å²) in [4.78, 5) is 0. The van der Waals surface area contributed by atoms with Gasteiger partial charge < -0.3 is 19.9 Å². The van der Waals surface area contributed by atoms with Crippen LogP contribution in [-0.4, -0.2) is 18.3 Å². The molecule has 5 heteroatoms. The number of benzene rings is 2. The van der Waals surface area contributed by atoms with E-state index in [1.54, 1.807) is 18.2 Å². The van der Waals surface area contributed by atoms with E-state index in [-0.39, 0.29) is 11.8 Å². The number of nitrogens with one attached hydrogen (secondary N) is 1. The SMILES string of the molecule is CC(Nc1cc2c(cc1Cl)OCCO2)c1ccccc1O. The number of hydrogen-bond donors (Lipinski definition) is 2. The molecule has 2 N–H and O–H groups in total. The number of halogens is 1. The Morgan fingerprint density at radius 3 is 2.52 bits per heavy atom. The molecule has 0 saturated heterocycles. The van der Waals surface area contributed by atoms with Gasteiger partial charge in [0.1, 0.15) is 19.0 Å². The van der Waals surface area contributed by atoms with Crippen LogP contribution in [0.1, 0.15) is 18.5 Å². The number of fused-ring (bicyclic) bond motifs is 1. The summed E-state index contributed by atoms with van der Waals surface area (Å²) in [5, 5.41) is 13.7. The summed E-state index contributed by atoms with van der Waals surface area (Å²) in [5.41, 5.74) is 1.56. The van der Waals surface area contributed by atoms with Crippen molar-refractivity contribution in [2.75, 3.05) is 18.5 Å². The van der Waals surface area contributed by atoms with E-state index in [9.17, 15) is 5.11 Å². The third kappa shape index (κ3) is 2.85. The Labute approximate surface area is 128 Å². The van der Waals surface area contributed by atoms with E-state index in [2.05, 4.69) is 5.32 Å². The molecule has 3 rings (SSSR count). The Morgan fingerprint density at radius 1 is 1.14 bits per heavy atom. The van der Waals surface area contributed by atoms with E-state index in [4.69, 9.17) is 21.1 Å². The highest BCUT2D eigenvalue weighted by Gasteiger charge is 2.17.